The van der Waals surface area contributed by atoms with Crippen LogP contribution in [0.1, 0.15) is 37.0 Å². The quantitative estimate of drug-likeness (QED) is 0.779. The number of hydrogen-bond acceptors (Lipinski definition) is 5. The predicted octanol–water partition coefficient (Wildman–Crippen LogP) is 1.76. The molecule has 0 saturated carbocycles. The molecule has 1 amide bonds. The molecule has 0 aromatic carbocycles. The zero-order valence-electron chi connectivity index (χ0n) is 14.2. The summed E-state index contributed by atoms with van der Waals surface area (Å²) in [5, 5.41) is 6.31. The van der Waals surface area contributed by atoms with E-state index in [2.05, 4.69) is 10.6 Å². The molecule has 9 heteroatoms. The Morgan fingerprint density at radius 1 is 1.20 bits per heavy atom. The largest absolute Gasteiger partial charge is 0.353 e. The van der Waals surface area contributed by atoms with E-state index in [1.54, 1.807) is 16.4 Å². The van der Waals surface area contributed by atoms with Crippen molar-refractivity contribution in [3.05, 3.63) is 17.0 Å². The molecule has 0 atom stereocenters. The summed E-state index contributed by atoms with van der Waals surface area (Å²) in [5.41, 5.74) is 0. The van der Waals surface area contributed by atoms with Gasteiger partial charge in [-0.3, -0.25) is 4.79 Å². The topological polar surface area (TPSA) is 78.5 Å². The third-order valence-electron chi connectivity index (χ3n) is 4.59. The van der Waals surface area contributed by atoms with Crippen LogP contribution >= 0.6 is 23.7 Å². The zero-order valence-corrected chi connectivity index (χ0v) is 16.6. The first-order chi connectivity index (χ1) is 11.6. The molecule has 2 saturated heterocycles. The van der Waals surface area contributed by atoms with Gasteiger partial charge in [-0.05, 0) is 50.9 Å². The van der Waals surface area contributed by atoms with Gasteiger partial charge in [-0.15, -0.1) is 23.7 Å². The Labute approximate surface area is 159 Å². The van der Waals surface area contributed by atoms with E-state index in [1.807, 2.05) is 0 Å². The van der Waals surface area contributed by atoms with Gasteiger partial charge in [0, 0.05) is 24.0 Å². The lowest BCUT2D eigenvalue weighted by Gasteiger charge is -2.25. The maximum atomic E-state index is 12.6. The van der Waals surface area contributed by atoms with Crippen LogP contribution in [0.15, 0.2) is 16.3 Å². The number of nitrogens with zero attached hydrogens (tertiary/aromatic N) is 1. The van der Waals surface area contributed by atoms with E-state index in [4.69, 9.17) is 0 Å². The Morgan fingerprint density at radius 3 is 2.56 bits per heavy atom. The van der Waals surface area contributed by atoms with Crippen molar-refractivity contribution in [2.45, 2.75) is 48.8 Å². The number of amides is 1. The molecule has 25 heavy (non-hydrogen) atoms. The van der Waals surface area contributed by atoms with Gasteiger partial charge in [0.25, 0.3) is 10.0 Å². The molecular formula is C16H26ClN3O3S2. The summed E-state index contributed by atoms with van der Waals surface area (Å²) in [4.78, 5) is 13.0. The average Bonchev–Trinajstić information content (AvgIpc) is 3.05. The molecule has 0 bridgehead atoms. The normalized spacial score (nSPS) is 20.0. The van der Waals surface area contributed by atoms with Gasteiger partial charge in [0.15, 0.2) is 0 Å². The first-order valence-electron chi connectivity index (χ1n) is 8.64. The molecule has 1 aromatic heterocycles. The van der Waals surface area contributed by atoms with E-state index < -0.39 is 10.0 Å². The van der Waals surface area contributed by atoms with Crippen LogP contribution in [-0.2, 0) is 21.2 Å². The van der Waals surface area contributed by atoms with Gasteiger partial charge in [-0.1, -0.05) is 6.42 Å². The number of carbonyl (C=O) groups excluding carboxylic acids is 1. The maximum Gasteiger partial charge on any atom is 0.252 e. The molecule has 0 spiro atoms. The number of thiophene rings is 1. The van der Waals surface area contributed by atoms with Gasteiger partial charge in [-0.25, -0.2) is 8.42 Å². The molecule has 2 fully saturated rings. The molecule has 142 valence electrons. The van der Waals surface area contributed by atoms with Crippen LogP contribution < -0.4 is 10.6 Å². The fraction of sp³-hybridized carbons (Fsp3) is 0.688. The lowest BCUT2D eigenvalue weighted by Crippen LogP contribution is -2.43. The molecule has 2 aliphatic heterocycles. The first-order valence-corrected chi connectivity index (χ1v) is 10.9. The van der Waals surface area contributed by atoms with Crippen LogP contribution in [0.5, 0.6) is 0 Å². The average molecular weight is 408 g/mol. The fourth-order valence-electron chi connectivity index (χ4n) is 3.23. The number of sulfonamides is 1. The van der Waals surface area contributed by atoms with Crippen molar-refractivity contribution in [2.24, 2.45) is 0 Å². The van der Waals surface area contributed by atoms with E-state index in [1.165, 1.54) is 11.3 Å². The molecule has 3 heterocycles. The van der Waals surface area contributed by atoms with Crippen molar-refractivity contribution in [3.8, 4) is 0 Å². The number of hydrogen-bond donors (Lipinski definition) is 2. The van der Waals surface area contributed by atoms with Crippen molar-refractivity contribution in [3.63, 3.8) is 0 Å². The van der Waals surface area contributed by atoms with Crippen LogP contribution in [0, 0.1) is 0 Å². The van der Waals surface area contributed by atoms with Crippen molar-refractivity contribution in [1.82, 2.24) is 14.9 Å². The number of halogens is 1. The monoisotopic (exact) mass is 407 g/mol. The minimum atomic E-state index is -3.39. The molecule has 0 unspecified atom stereocenters. The number of carbonyl (C=O) groups is 1. The molecule has 6 nitrogen and oxygen atoms in total. The molecule has 2 aliphatic rings. The fourth-order valence-corrected chi connectivity index (χ4v) is 6.25. The van der Waals surface area contributed by atoms with Crippen molar-refractivity contribution < 1.29 is 13.2 Å². The number of rotatable bonds is 5. The van der Waals surface area contributed by atoms with E-state index in [-0.39, 0.29) is 30.8 Å². The summed E-state index contributed by atoms with van der Waals surface area (Å²) >= 11 is 1.22. The summed E-state index contributed by atoms with van der Waals surface area (Å²) in [5.74, 6) is -0.0225. The van der Waals surface area contributed by atoms with Gasteiger partial charge in [-0.2, -0.15) is 4.31 Å². The summed E-state index contributed by atoms with van der Waals surface area (Å²) < 4.78 is 27.2. The molecule has 2 N–H and O–H groups in total. The second-order valence-corrected chi connectivity index (χ2v) is 9.79. The van der Waals surface area contributed by atoms with Crippen LogP contribution in [-0.4, -0.2) is 50.9 Å². The molecule has 3 rings (SSSR count). The van der Waals surface area contributed by atoms with Crippen LogP contribution in [0.3, 0.4) is 0 Å². The van der Waals surface area contributed by atoms with E-state index >= 15 is 0 Å². The highest BCUT2D eigenvalue weighted by Gasteiger charge is 2.27. The van der Waals surface area contributed by atoms with Crippen molar-refractivity contribution in [1.29, 1.82) is 0 Å². The molecule has 1 aromatic rings. The SMILES string of the molecule is Cl.O=C(Cc1ccc(S(=O)(=O)N2CCCCC2)s1)NC1CCNCC1. The van der Waals surface area contributed by atoms with Crippen LogP contribution in [0.2, 0.25) is 0 Å². The highest BCUT2D eigenvalue weighted by atomic mass is 35.5. The van der Waals surface area contributed by atoms with E-state index in [0.717, 1.165) is 50.1 Å². The summed E-state index contributed by atoms with van der Waals surface area (Å²) in [6.07, 6.45) is 5.10. The van der Waals surface area contributed by atoms with Crippen LogP contribution in [0.4, 0.5) is 0 Å². The third-order valence-corrected chi connectivity index (χ3v) is 8.04. The summed E-state index contributed by atoms with van der Waals surface area (Å²) in [7, 11) is -3.39. The van der Waals surface area contributed by atoms with Gasteiger partial charge >= 0.3 is 0 Å². The van der Waals surface area contributed by atoms with Crippen LogP contribution in [0.25, 0.3) is 0 Å². The predicted molar refractivity (Wildman–Crippen MR) is 102 cm³/mol. The zero-order chi connectivity index (χ0) is 17.0. The Kier molecular flexibility index (Phi) is 7.69. The standard InChI is InChI=1S/C16H25N3O3S2.ClH/c20-15(18-13-6-8-17-9-7-13)12-14-4-5-16(23-14)24(21,22)19-10-2-1-3-11-19;/h4-5,13,17H,1-3,6-12H2,(H,18,20);1H. The smallest absolute Gasteiger partial charge is 0.252 e. The summed E-state index contributed by atoms with van der Waals surface area (Å²) in [6.45, 7) is 3.07. The van der Waals surface area contributed by atoms with E-state index in [0.29, 0.717) is 17.3 Å². The second kappa shape index (κ2) is 9.32. The molecule has 0 radical (unpaired) electrons. The third kappa shape index (κ3) is 5.40. The van der Waals surface area contributed by atoms with Gasteiger partial charge in [0.1, 0.15) is 4.21 Å². The highest BCUT2D eigenvalue weighted by Crippen LogP contribution is 2.27. The highest BCUT2D eigenvalue weighted by molar-refractivity contribution is 7.91. The lowest BCUT2D eigenvalue weighted by molar-refractivity contribution is -0.121. The van der Waals surface area contributed by atoms with E-state index in [9.17, 15) is 13.2 Å². The van der Waals surface area contributed by atoms with Crippen molar-refractivity contribution >= 4 is 39.7 Å². The minimum Gasteiger partial charge on any atom is -0.353 e. The van der Waals surface area contributed by atoms with Gasteiger partial charge < -0.3 is 10.6 Å². The summed E-state index contributed by atoms with van der Waals surface area (Å²) in [6, 6.07) is 3.64. The molecule has 0 aliphatic carbocycles. The first kappa shape index (κ1) is 20.6. The number of piperidine rings is 2. The Bertz CT molecular complexity index is 666. The van der Waals surface area contributed by atoms with Gasteiger partial charge in [0.2, 0.25) is 5.91 Å². The molecular weight excluding hydrogens is 382 g/mol. The number of nitrogens with one attached hydrogen (secondary N) is 2. The Hall–Kier alpha value is -0.670. The minimum absolute atomic E-state index is 0. The second-order valence-electron chi connectivity index (χ2n) is 6.45. The van der Waals surface area contributed by atoms with Crippen molar-refractivity contribution in [2.75, 3.05) is 26.2 Å². The van der Waals surface area contributed by atoms with Gasteiger partial charge in [0.05, 0.1) is 6.42 Å². The maximum absolute atomic E-state index is 12.6. The Balaban J connectivity index is 0.00000225. The Morgan fingerprint density at radius 2 is 1.88 bits per heavy atom. The lowest BCUT2D eigenvalue weighted by atomic mass is 10.1.